The van der Waals surface area contributed by atoms with E-state index >= 15 is 0 Å². The molecule has 1 aliphatic rings. The molecule has 0 aromatic rings. The van der Waals surface area contributed by atoms with Gasteiger partial charge in [0, 0.05) is 26.2 Å². The number of ether oxygens (including phenoxy) is 1. The van der Waals surface area contributed by atoms with Crippen LogP contribution in [0.5, 0.6) is 0 Å². The summed E-state index contributed by atoms with van der Waals surface area (Å²) in [6, 6.07) is 0. The van der Waals surface area contributed by atoms with Crippen LogP contribution in [0.4, 0.5) is 0 Å². The van der Waals surface area contributed by atoms with Crippen LogP contribution in [-0.2, 0) is 9.53 Å². The van der Waals surface area contributed by atoms with E-state index < -0.39 is 0 Å². The van der Waals surface area contributed by atoms with Crippen molar-refractivity contribution in [3.8, 4) is 0 Å². The first-order chi connectivity index (χ1) is 8.34. The lowest BCUT2D eigenvalue weighted by atomic mass is 10.1. The number of nitrogens with zero attached hydrogens (tertiary/aromatic N) is 2. The lowest BCUT2D eigenvalue weighted by Gasteiger charge is -2.38. The van der Waals surface area contributed by atoms with Crippen LogP contribution in [-0.4, -0.2) is 60.6 Å². The van der Waals surface area contributed by atoms with Crippen LogP contribution >= 0.6 is 0 Å². The van der Waals surface area contributed by atoms with E-state index in [1.54, 1.807) is 0 Å². The second-order valence-corrected chi connectivity index (χ2v) is 5.68. The normalized spacial score (nSPS) is 19.6. The van der Waals surface area contributed by atoms with Gasteiger partial charge >= 0.3 is 0 Å². The smallest absolute Gasteiger partial charge is 0.237 e. The van der Waals surface area contributed by atoms with E-state index in [0.717, 1.165) is 25.2 Å². The predicted octanol–water partition coefficient (Wildman–Crippen LogP) is 1.52. The molecule has 18 heavy (non-hydrogen) atoms. The van der Waals surface area contributed by atoms with Crippen LogP contribution in [0.3, 0.4) is 0 Å². The third kappa shape index (κ3) is 4.78. The van der Waals surface area contributed by atoms with Crippen molar-refractivity contribution in [2.75, 3.05) is 39.3 Å². The van der Waals surface area contributed by atoms with E-state index in [-0.39, 0.29) is 11.5 Å². The molecule has 0 spiro atoms. The van der Waals surface area contributed by atoms with Gasteiger partial charge in [-0.15, -0.1) is 0 Å². The Balaban J connectivity index is 2.50. The molecule has 4 heteroatoms. The minimum Gasteiger partial charge on any atom is -0.373 e. The summed E-state index contributed by atoms with van der Waals surface area (Å²) in [5.41, 5.74) is 0.872. The standard InChI is InChI=1S/C14H26N2O2/c1-6-16(9-12(2)3)13(17)10-15-7-8-18-14(4,5)11-15/h2,6-11H2,1,3-5H3. The molecule has 1 amide bonds. The molecule has 0 unspecified atom stereocenters. The predicted molar refractivity (Wildman–Crippen MR) is 73.5 cm³/mol. The minimum absolute atomic E-state index is 0.149. The van der Waals surface area contributed by atoms with E-state index in [9.17, 15) is 4.79 Å². The van der Waals surface area contributed by atoms with Crippen LogP contribution in [0, 0.1) is 0 Å². The molecule has 0 aromatic heterocycles. The highest BCUT2D eigenvalue weighted by atomic mass is 16.5. The largest absolute Gasteiger partial charge is 0.373 e. The molecule has 1 fully saturated rings. The Morgan fingerprint density at radius 1 is 1.50 bits per heavy atom. The molecule has 1 saturated heterocycles. The maximum atomic E-state index is 12.2. The van der Waals surface area contributed by atoms with Crippen molar-refractivity contribution in [2.45, 2.75) is 33.3 Å². The number of carbonyl (C=O) groups excluding carboxylic acids is 1. The Morgan fingerprint density at radius 3 is 2.67 bits per heavy atom. The van der Waals surface area contributed by atoms with Crippen LogP contribution in [0.2, 0.25) is 0 Å². The molecular weight excluding hydrogens is 228 g/mol. The first-order valence-electron chi connectivity index (χ1n) is 6.62. The average molecular weight is 254 g/mol. The summed E-state index contributed by atoms with van der Waals surface area (Å²) in [6.07, 6.45) is 0. The number of amides is 1. The number of hydrogen-bond acceptors (Lipinski definition) is 3. The number of rotatable bonds is 5. The van der Waals surface area contributed by atoms with Gasteiger partial charge in [0.2, 0.25) is 5.91 Å². The van der Waals surface area contributed by atoms with Gasteiger partial charge in [0.1, 0.15) is 0 Å². The minimum atomic E-state index is -0.149. The molecular formula is C14H26N2O2. The van der Waals surface area contributed by atoms with Gasteiger partial charge in [0.05, 0.1) is 18.8 Å². The van der Waals surface area contributed by atoms with Crippen molar-refractivity contribution in [2.24, 2.45) is 0 Å². The van der Waals surface area contributed by atoms with Gasteiger partial charge in [0.25, 0.3) is 0 Å². The maximum Gasteiger partial charge on any atom is 0.237 e. The van der Waals surface area contributed by atoms with Crippen molar-refractivity contribution in [1.29, 1.82) is 0 Å². The zero-order valence-corrected chi connectivity index (χ0v) is 12.2. The van der Waals surface area contributed by atoms with Gasteiger partial charge in [0.15, 0.2) is 0 Å². The quantitative estimate of drug-likeness (QED) is 0.697. The monoisotopic (exact) mass is 254 g/mol. The average Bonchev–Trinajstić information content (AvgIpc) is 2.23. The SMILES string of the molecule is C=C(C)CN(CC)C(=O)CN1CCOC(C)(C)C1. The van der Waals surface area contributed by atoms with E-state index in [2.05, 4.69) is 25.3 Å². The Labute approximate surface area is 111 Å². The van der Waals surface area contributed by atoms with Crippen molar-refractivity contribution in [3.63, 3.8) is 0 Å². The van der Waals surface area contributed by atoms with Crippen molar-refractivity contribution >= 4 is 5.91 Å². The third-order valence-corrected chi connectivity index (χ3v) is 3.06. The summed E-state index contributed by atoms with van der Waals surface area (Å²) in [7, 11) is 0. The summed E-state index contributed by atoms with van der Waals surface area (Å²) in [4.78, 5) is 16.2. The van der Waals surface area contributed by atoms with Crippen LogP contribution in [0.15, 0.2) is 12.2 Å². The van der Waals surface area contributed by atoms with Crippen LogP contribution in [0.25, 0.3) is 0 Å². The summed E-state index contributed by atoms with van der Waals surface area (Å²) < 4.78 is 5.65. The van der Waals surface area contributed by atoms with Crippen molar-refractivity contribution in [3.05, 3.63) is 12.2 Å². The Kier molecular flexibility index (Phi) is 5.35. The Hall–Kier alpha value is -0.870. The van der Waals surface area contributed by atoms with Crippen molar-refractivity contribution in [1.82, 2.24) is 9.80 Å². The fraction of sp³-hybridized carbons (Fsp3) is 0.786. The maximum absolute atomic E-state index is 12.2. The van der Waals surface area contributed by atoms with Crippen LogP contribution < -0.4 is 0 Å². The van der Waals surface area contributed by atoms with Gasteiger partial charge in [-0.1, -0.05) is 12.2 Å². The molecule has 1 heterocycles. The number of morpholine rings is 1. The lowest BCUT2D eigenvalue weighted by Crippen LogP contribution is -2.51. The number of hydrogen-bond donors (Lipinski definition) is 0. The number of likely N-dealkylation sites (N-methyl/N-ethyl adjacent to an activating group) is 1. The molecule has 0 atom stereocenters. The Bertz CT molecular complexity index is 313. The van der Waals surface area contributed by atoms with Gasteiger partial charge in [-0.05, 0) is 27.7 Å². The van der Waals surface area contributed by atoms with E-state index in [4.69, 9.17) is 4.74 Å². The van der Waals surface area contributed by atoms with Gasteiger partial charge in [-0.25, -0.2) is 0 Å². The summed E-state index contributed by atoms with van der Waals surface area (Å²) in [5, 5.41) is 0. The molecule has 0 bridgehead atoms. The third-order valence-electron chi connectivity index (χ3n) is 3.06. The zero-order chi connectivity index (χ0) is 13.8. The molecule has 104 valence electrons. The highest BCUT2D eigenvalue weighted by molar-refractivity contribution is 5.78. The van der Waals surface area contributed by atoms with E-state index in [1.165, 1.54) is 0 Å². The highest BCUT2D eigenvalue weighted by Gasteiger charge is 2.28. The van der Waals surface area contributed by atoms with Crippen molar-refractivity contribution < 1.29 is 9.53 Å². The van der Waals surface area contributed by atoms with E-state index in [0.29, 0.717) is 19.7 Å². The molecule has 0 aromatic carbocycles. The van der Waals surface area contributed by atoms with E-state index in [1.807, 2.05) is 18.7 Å². The van der Waals surface area contributed by atoms with Gasteiger partial charge in [-0.3, -0.25) is 9.69 Å². The molecule has 1 rings (SSSR count). The lowest BCUT2D eigenvalue weighted by molar-refractivity contribution is -0.136. The molecule has 4 nitrogen and oxygen atoms in total. The summed E-state index contributed by atoms with van der Waals surface area (Å²) in [6.45, 7) is 16.2. The summed E-state index contributed by atoms with van der Waals surface area (Å²) in [5.74, 6) is 0.179. The molecule has 0 radical (unpaired) electrons. The fourth-order valence-corrected chi connectivity index (χ4v) is 2.24. The second kappa shape index (κ2) is 6.34. The molecule has 0 N–H and O–H groups in total. The zero-order valence-electron chi connectivity index (χ0n) is 12.2. The van der Waals surface area contributed by atoms with Gasteiger partial charge < -0.3 is 9.64 Å². The first-order valence-corrected chi connectivity index (χ1v) is 6.62. The summed E-state index contributed by atoms with van der Waals surface area (Å²) >= 11 is 0. The highest BCUT2D eigenvalue weighted by Crippen LogP contribution is 2.16. The number of carbonyl (C=O) groups is 1. The van der Waals surface area contributed by atoms with Gasteiger partial charge in [-0.2, -0.15) is 0 Å². The fourth-order valence-electron chi connectivity index (χ4n) is 2.24. The first kappa shape index (κ1) is 15.2. The molecule has 0 aliphatic carbocycles. The molecule has 0 saturated carbocycles. The Morgan fingerprint density at radius 2 is 2.17 bits per heavy atom. The topological polar surface area (TPSA) is 32.8 Å². The molecule has 1 aliphatic heterocycles. The second-order valence-electron chi connectivity index (χ2n) is 5.68. The van der Waals surface area contributed by atoms with Crippen LogP contribution in [0.1, 0.15) is 27.7 Å².